The third kappa shape index (κ3) is 5.52. The summed E-state index contributed by atoms with van der Waals surface area (Å²) in [4.78, 5) is 13.3. The Kier molecular flexibility index (Phi) is 8.26. The smallest absolute Gasteiger partial charge is 0.247 e. The number of aliphatic hydroxyl groups excluding tert-OH is 1. The fourth-order valence-corrected chi connectivity index (χ4v) is 4.96. The van der Waals surface area contributed by atoms with E-state index in [1.165, 1.54) is 17.3 Å². The Balaban J connectivity index is 2.57. The minimum atomic E-state index is -3.90. The van der Waals surface area contributed by atoms with Gasteiger partial charge < -0.3 is 19.5 Å². The van der Waals surface area contributed by atoms with E-state index in [4.69, 9.17) is 9.47 Å². The van der Waals surface area contributed by atoms with E-state index < -0.39 is 22.2 Å². The van der Waals surface area contributed by atoms with Gasteiger partial charge in [0.25, 0.3) is 0 Å². The van der Waals surface area contributed by atoms with Gasteiger partial charge in [-0.1, -0.05) is 18.8 Å². The average molecular weight is 439 g/mol. The lowest BCUT2D eigenvalue weighted by Gasteiger charge is -2.37. The summed E-state index contributed by atoms with van der Waals surface area (Å²) in [7, 11) is -0.685. The predicted octanol–water partition coefficient (Wildman–Crippen LogP) is 0.931. The number of ether oxygens (including phenoxy) is 2. The Morgan fingerprint density at radius 2 is 2.17 bits per heavy atom. The van der Waals surface area contributed by atoms with Gasteiger partial charge in [-0.05, 0) is 25.1 Å². The van der Waals surface area contributed by atoms with E-state index in [1.807, 2.05) is 6.92 Å². The number of carbonyl (C=O) groups is 1. The van der Waals surface area contributed by atoms with E-state index >= 15 is 0 Å². The van der Waals surface area contributed by atoms with Gasteiger partial charge in [0.15, 0.2) is 0 Å². The SMILES string of the molecule is COCC#Cc1ccc2c(c1)O[C@@H](CN(C)C(C)=O)[C@H](C)CN([C@@H](C)CO)S2(=O)=O. The van der Waals surface area contributed by atoms with E-state index in [0.717, 1.165) is 0 Å². The molecule has 0 fully saturated rings. The molecule has 1 aliphatic rings. The molecular formula is C21H30N2O6S. The van der Waals surface area contributed by atoms with Crippen LogP contribution in [-0.2, 0) is 19.6 Å². The van der Waals surface area contributed by atoms with E-state index in [1.54, 1.807) is 38.1 Å². The van der Waals surface area contributed by atoms with Gasteiger partial charge in [-0.25, -0.2) is 8.42 Å². The van der Waals surface area contributed by atoms with Crippen LogP contribution in [0.2, 0.25) is 0 Å². The number of likely N-dealkylation sites (N-methyl/N-ethyl adjacent to an activating group) is 1. The molecule has 1 aromatic carbocycles. The summed E-state index contributed by atoms with van der Waals surface area (Å²) in [6.45, 7) is 5.41. The van der Waals surface area contributed by atoms with Crippen molar-refractivity contribution in [2.24, 2.45) is 5.92 Å². The third-order valence-corrected chi connectivity index (χ3v) is 7.13. The van der Waals surface area contributed by atoms with Gasteiger partial charge >= 0.3 is 0 Å². The fraction of sp³-hybridized carbons (Fsp3) is 0.571. The Bertz CT molecular complexity index is 921. The Morgan fingerprint density at radius 1 is 1.47 bits per heavy atom. The fourth-order valence-electron chi connectivity index (χ4n) is 3.13. The molecule has 166 valence electrons. The van der Waals surface area contributed by atoms with Crippen LogP contribution in [0.3, 0.4) is 0 Å². The number of nitrogens with zero attached hydrogens (tertiary/aromatic N) is 2. The van der Waals surface area contributed by atoms with Crippen LogP contribution in [-0.4, -0.2) is 81.2 Å². The Hall–Kier alpha value is -2.12. The maximum absolute atomic E-state index is 13.3. The predicted molar refractivity (Wildman–Crippen MR) is 113 cm³/mol. The molecule has 0 spiro atoms. The van der Waals surface area contributed by atoms with Crippen LogP contribution in [0.25, 0.3) is 0 Å². The first-order valence-corrected chi connectivity index (χ1v) is 11.2. The zero-order valence-electron chi connectivity index (χ0n) is 18.1. The van der Waals surface area contributed by atoms with Gasteiger partial charge in [0, 0.05) is 45.1 Å². The zero-order chi connectivity index (χ0) is 22.5. The zero-order valence-corrected chi connectivity index (χ0v) is 18.9. The van der Waals surface area contributed by atoms with Crippen LogP contribution in [0.15, 0.2) is 23.1 Å². The standard InChI is InChI=1S/C21H30N2O6S/c1-15-12-23(16(2)14-24)30(26,27)21-9-8-18(7-6-10-28-5)11-19(21)29-20(15)13-22(4)17(3)25/h8-9,11,15-16,20,24H,10,12-14H2,1-5H3/t15-,16+,20+/m1/s1. The molecule has 0 bridgehead atoms. The van der Waals surface area contributed by atoms with Gasteiger partial charge in [0.2, 0.25) is 15.9 Å². The number of rotatable bonds is 5. The van der Waals surface area contributed by atoms with Crippen LogP contribution in [0, 0.1) is 17.8 Å². The third-order valence-electron chi connectivity index (χ3n) is 5.11. The van der Waals surface area contributed by atoms with Crippen molar-refractivity contribution in [1.82, 2.24) is 9.21 Å². The Morgan fingerprint density at radius 3 is 2.77 bits per heavy atom. The number of carbonyl (C=O) groups excluding carboxylic acids is 1. The summed E-state index contributed by atoms with van der Waals surface area (Å²) >= 11 is 0. The highest BCUT2D eigenvalue weighted by atomic mass is 32.2. The number of fused-ring (bicyclic) bond motifs is 1. The highest BCUT2D eigenvalue weighted by molar-refractivity contribution is 7.89. The quantitative estimate of drug-likeness (QED) is 0.687. The molecule has 1 aliphatic heterocycles. The summed E-state index contributed by atoms with van der Waals surface area (Å²) in [6.07, 6.45) is -0.441. The molecule has 0 radical (unpaired) electrons. The van der Waals surface area contributed by atoms with Gasteiger partial charge in [0.05, 0.1) is 13.2 Å². The molecule has 0 aromatic heterocycles. The second-order valence-corrected chi connectivity index (χ2v) is 9.39. The van der Waals surface area contributed by atoms with Crippen LogP contribution in [0.5, 0.6) is 5.75 Å². The molecule has 0 saturated heterocycles. The summed E-state index contributed by atoms with van der Waals surface area (Å²) in [5.74, 6) is 5.60. The summed E-state index contributed by atoms with van der Waals surface area (Å²) in [5.41, 5.74) is 0.592. The topological polar surface area (TPSA) is 96.4 Å². The van der Waals surface area contributed by atoms with Crippen LogP contribution in [0.1, 0.15) is 26.3 Å². The number of aliphatic hydroxyl groups is 1. The first-order valence-electron chi connectivity index (χ1n) is 9.74. The molecule has 1 heterocycles. The average Bonchev–Trinajstić information content (AvgIpc) is 2.70. The molecule has 1 amide bonds. The second kappa shape index (κ2) is 10.3. The maximum Gasteiger partial charge on any atom is 0.247 e. The summed E-state index contributed by atoms with van der Waals surface area (Å²) in [6, 6.07) is 4.08. The number of amides is 1. The van der Waals surface area contributed by atoms with Crippen molar-refractivity contribution in [3.8, 4) is 17.6 Å². The van der Waals surface area contributed by atoms with E-state index in [0.29, 0.717) is 12.1 Å². The van der Waals surface area contributed by atoms with Gasteiger partial charge in [-0.2, -0.15) is 4.31 Å². The van der Waals surface area contributed by atoms with Crippen molar-refractivity contribution in [2.45, 2.75) is 37.8 Å². The van der Waals surface area contributed by atoms with Crippen LogP contribution < -0.4 is 4.74 Å². The molecule has 3 atom stereocenters. The van der Waals surface area contributed by atoms with E-state index in [9.17, 15) is 18.3 Å². The van der Waals surface area contributed by atoms with Crippen molar-refractivity contribution in [1.29, 1.82) is 0 Å². The molecule has 30 heavy (non-hydrogen) atoms. The maximum atomic E-state index is 13.3. The van der Waals surface area contributed by atoms with Crippen LogP contribution >= 0.6 is 0 Å². The van der Waals surface area contributed by atoms with Gasteiger partial charge in [-0.15, -0.1) is 0 Å². The Labute approximate surface area is 178 Å². The van der Waals surface area contributed by atoms with Crippen molar-refractivity contribution in [3.63, 3.8) is 0 Å². The largest absolute Gasteiger partial charge is 0.487 e. The van der Waals surface area contributed by atoms with Crippen molar-refractivity contribution < 1.29 is 27.8 Å². The number of methoxy groups -OCH3 is 1. The van der Waals surface area contributed by atoms with Gasteiger partial charge in [-0.3, -0.25) is 4.79 Å². The molecule has 0 saturated carbocycles. The lowest BCUT2D eigenvalue weighted by molar-refractivity contribution is -0.129. The lowest BCUT2D eigenvalue weighted by atomic mass is 10.0. The van der Waals surface area contributed by atoms with E-state index in [-0.39, 0.29) is 42.2 Å². The summed E-state index contributed by atoms with van der Waals surface area (Å²) in [5, 5.41) is 9.64. The lowest BCUT2D eigenvalue weighted by Crippen LogP contribution is -2.50. The minimum absolute atomic E-state index is 0.0162. The number of sulfonamides is 1. The number of benzene rings is 1. The highest BCUT2D eigenvalue weighted by Gasteiger charge is 2.38. The van der Waals surface area contributed by atoms with Gasteiger partial charge in [0.1, 0.15) is 23.4 Å². The van der Waals surface area contributed by atoms with E-state index in [2.05, 4.69) is 11.8 Å². The molecule has 8 nitrogen and oxygen atoms in total. The van der Waals surface area contributed by atoms with Crippen molar-refractivity contribution in [3.05, 3.63) is 23.8 Å². The second-order valence-electron chi connectivity index (χ2n) is 7.54. The van der Waals surface area contributed by atoms with Crippen molar-refractivity contribution in [2.75, 3.05) is 40.5 Å². The molecule has 1 aromatic rings. The monoisotopic (exact) mass is 438 g/mol. The highest BCUT2D eigenvalue weighted by Crippen LogP contribution is 2.34. The normalized spacial score (nSPS) is 21.8. The molecule has 0 unspecified atom stereocenters. The van der Waals surface area contributed by atoms with Crippen LogP contribution in [0.4, 0.5) is 0 Å². The molecular weight excluding hydrogens is 408 g/mol. The molecule has 0 aliphatic carbocycles. The first kappa shape index (κ1) is 24.2. The first-order chi connectivity index (χ1) is 14.1. The molecule has 2 rings (SSSR count). The molecule has 1 N–H and O–H groups in total. The number of hydrogen-bond donors (Lipinski definition) is 1. The van der Waals surface area contributed by atoms with Crippen molar-refractivity contribution >= 4 is 15.9 Å². The minimum Gasteiger partial charge on any atom is -0.487 e. The summed E-state index contributed by atoms with van der Waals surface area (Å²) < 4.78 is 39.1. The number of hydrogen-bond acceptors (Lipinski definition) is 6. The molecule has 9 heteroatoms.